The normalized spacial score (nSPS) is 17.7. The standard InChI is InChI=1S/C25H22N2O4/c1-16-6-8-18(9-7-16)23(28)21-22(17-10-12-20(31-2)13-11-17)27(25(30)24(21)29)15-19-5-3-4-14-26-19/h3-14,22,28H,15H2,1-2H3/b23-21+. The van der Waals surface area contributed by atoms with Gasteiger partial charge in [0.15, 0.2) is 0 Å². The molecule has 1 saturated heterocycles. The molecule has 6 nitrogen and oxygen atoms in total. The van der Waals surface area contributed by atoms with Crippen LogP contribution in [0, 0.1) is 6.92 Å². The van der Waals surface area contributed by atoms with Crippen LogP contribution in [0.2, 0.25) is 0 Å². The number of methoxy groups -OCH3 is 1. The number of benzene rings is 2. The fraction of sp³-hybridized carbons (Fsp3) is 0.160. The number of rotatable bonds is 5. The Labute approximate surface area is 180 Å². The van der Waals surface area contributed by atoms with Gasteiger partial charge in [-0.15, -0.1) is 0 Å². The molecule has 1 atom stereocenters. The summed E-state index contributed by atoms with van der Waals surface area (Å²) in [5.74, 6) is -0.915. The number of carbonyl (C=O) groups excluding carboxylic acids is 2. The van der Waals surface area contributed by atoms with E-state index in [1.54, 1.807) is 61.8 Å². The molecule has 1 unspecified atom stereocenters. The minimum atomic E-state index is -0.741. The van der Waals surface area contributed by atoms with Crippen LogP contribution in [-0.2, 0) is 16.1 Å². The number of hydrogen-bond acceptors (Lipinski definition) is 5. The topological polar surface area (TPSA) is 79.7 Å². The van der Waals surface area contributed by atoms with Crippen LogP contribution >= 0.6 is 0 Å². The fourth-order valence-electron chi connectivity index (χ4n) is 3.71. The van der Waals surface area contributed by atoms with Crippen molar-refractivity contribution in [3.63, 3.8) is 0 Å². The maximum Gasteiger partial charge on any atom is 0.296 e. The number of aromatic nitrogens is 1. The quantitative estimate of drug-likeness (QED) is 0.388. The van der Waals surface area contributed by atoms with Gasteiger partial charge in [-0.2, -0.15) is 0 Å². The minimum absolute atomic E-state index is 0.0648. The molecule has 1 aliphatic heterocycles. The van der Waals surface area contributed by atoms with E-state index in [1.165, 1.54) is 4.90 Å². The Morgan fingerprint density at radius 1 is 1.03 bits per heavy atom. The summed E-state index contributed by atoms with van der Waals surface area (Å²) in [4.78, 5) is 31.8. The van der Waals surface area contributed by atoms with E-state index in [0.717, 1.165) is 5.56 Å². The molecule has 1 N–H and O–H groups in total. The zero-order valence-corrected chi connectivity index (χ0v) is 17.3. The van der Waals surface area contributed by atoms with Crippen LogP contribution in [0.4, 0.5) is 0 Å². The van der Waals surface area contributed by atoms with Crippen LogP contribution in [0.5, 0.6) is 5.75 Å². The molecule has 0 aliphatic carbocycles. The molecule has 0 spiro atoms. The van der Waals surface area contributed by atoms with Gasteiger partial charge in [0.25, 0.3) is 11.7 Å². The van der Waals surface area contributed by atoms with Gasteiger partial charge in [0.05, 0.1) is 31.0 Å². The third kappa shape index (κ3) is 3.92. The van der Waals surface area contributed by atoms with Crippen molar-refractivity contribution in [3.8, 4) is 5.75 Å². The van der Waals surface area contributed by atoms with Gasteiger partial charge in [-0.1, -0.05) is 48.0 Å². The van der Waals surface area contributed by atoms with Crippen LogP contribution in [0.25, 0.3) is 5.76 Å². The predicted molar refractivity (Wildman–Crippen MR) is 116 cm³/mol. The molecular weight excluding hydrogens is 392 g/mol. The molecule has 3 aromatic rings. The van der Waals surface area contributed by atoms with Gasteiger partial charge in [-0.05, 0) is 36.8 Å². The molecule has 1 amide bonds. The first-order chi connectivity index (χ1) is 15.0. The van der Waals surface area contributed by atoms with Gasteiger partial charge < -0.3 is 14.7 Å². The molecule has 156 valence electrons. The lowest BCUT2D eigenvalue weighted by Crippen LogP contribution is -2.29. The van der Waals surface area contributed by atoms with Gasteiger partial charge in [0.1, 0.15) is 11.5 Å². The molecule has 0 bridgehead atoms. The van der Waals surface area contributed by atoms with Crippen molar-refractivity contribution < 1.29 is 19.4 Å². The number of ketones is 1. The van der Waals surface area contributed by atoms with Crippen molar-refractivity contribution >= 4 is 17.4 Å². The molecule has 0 saturated carbocycles. The number of aryl methyl sites for hydroxylation is 1. The minimum Gasteiger partial charge on any atom is -0.507 e. The van der Waals surface area contributed by atoms with E-state index in [4.69, 9.17) is 4.74 Å². The maximum absolute atomic E-state index is 13.0. The molecule has 31 heavy (non-hydrogen) atoms. The van der Waals surface area contributed by atoms with Crippen molar-refractivity contribution in [1.82, 2.24) is 9.88 Å². The van der Waals surface area contributed by atoms with Crippen molar-refractivity contribution in [2.75, 3.05) is 7.11 Å². The lowest BCUT2D eigenvalue weighted by molar-refractivity contribution is -0.140. The van der Waals surface area contributed by atoms with E-state index >= 15 is 0 Å². The average molecular weight is 414 g/mol. The van der Waals surface area contributed by atoms with Crippen LogP contribution in [-0.4, -0.2) is 33.8 Å². The van der Waals surface area contributed by atoms with Gasteiger partial charge in [-0.3, -0.25) is 14.6 Å². The zero-order chi connectivity index (χ0) is 22.0. The summed E-state index contributed by atoms with van der Waals surface area (Å²) < 4.78 is 5.23. The summed E-state index contributed by atoms with van der Waals surface area (Å²) in [7, 11) is 1.57. The molecule has 6 heteroatoms. The fourth-order valence-corrected chi connectivity index (χ4v) is 3.71. The van der Waals surface area contributed by atoms with Crippen molar-refractivity contribution in [1.29, 1.82) is 0 Å². The summed E-state index contributed by atoms with van der Waals surface area (Å²) in [6.45, 7) is 2.08. The number of aliphatic hydroxyl groups excluding tert-OH is 1. The zero-order valence-electron chi connectivity index (χ0n) is 17.3. The Hall–Kier alpha value is -3.93. The number of carbonyl (C=O) groups is 2. The lowest BCUT2D eigenvalue weighted by Gasteiger charge is -2.25. The summed E-state index contributed by atoms with van der Waals surface area (Å²) in [6.07, 6.45) is 1.64. The Morgan fingerprint density at radius 3 is 2.35 bits per heavy atom. The smallest absolute Gasteiger partial charge is 0.296 e. The summed E-state index contributed by atoms with van der Waals surface area (Å²) in [6, 6.07) is 19.0. The Bertz CT molecular complexity index is 1140. The number of nitrogens with zero attached hydrogens (tertiary/aromatic N) is 2. The van der Waals surface area contributed by atoms with Crippen LogP contribution in [0.1, 0.15) is 28.4 Å². The van der Waals surface area contributed by atoms with Crippen molar-refractivity contribution in [2.45, 2.75) is 19.5 Å². The largest absolute Gasteiger partial charge is 0.507 e. The highest BCUT2D eigenvalue weighted by Crippen LogP contribution is 2.40. The third-order valence-corrected chi connectivity index (χ3v) is 5.35. The van der Waals surface area contributed by atoms with E-state index in [0.29, 0.717) is 22.6 Å². The molecule has 4 rings (SSSR count). The van der Waals surface area contributed by atoms with Crippen LogP contribution in [0.3, 0.4) is 0 Å². The lowest BCUT2D eigenvalue weighted by atomic mass is 9.95. The number of ether oxygens (including phenoxy) is 1. The van der Waals surface area contributed by atoms with Crippen molar-refractivity contribution in [2.24, 2.45) is 0 Å². The van der Waals surface area contributed by atoms with Gasteiger partial charge >= 0.3 is 0 Å². The molecule has 2 heterocycles. The van der Waals surface area contributed by atoms with E-state index in [9.17, 15) is 14.7 Å². The number of pyridine rings is 1. The molecule has 2 aromatic carbocycles. The first-order valence-corrected chi connectivity index (χ1v) is 9.89. The molecule has 1 fully saturated rings. The highest BCUT2D eigenvalue weighted by atomic mass is 16.5. The third-order valence-electron chi connectivity index (χ3n) is 5.35. The highest BCUT2D eigenvalue weighted by molar-refractivity contribution is 6.46. The van der Waals surface area contributed by atoms with Crippen molar-refractivity contribution in [3.05, 3.63) is 101 Å². The second kappa shape index (κ2) is 8.44. The summed E-state index contributed by atoms with van der Waals surface area (Å²) in [5.41, 5.74) is 2.93. The molecular formula is C25H22N2O4. The van der Waals surface area contributed by atoms with Gasteiger partial charge in [0.2, 0.25) is 0 Å². The Morgan fingerprint density at radius 2 is 1.74 bits per heavy atom. The number of Topliss-reactive ketones (excluding diaryl/α,β-unsaturated/α-hetero) is 1. The van der Waals surface area contributed by atoms with E-state index in [2.05, 4.69) is 4.98 Å². The second-order valence-corrected chi connectivity index (χ2v) is 7.39. The highest BCUT2D eigenvalue weighted by Gasteiger charge is 2.46. The van der Waals surface area contributed by atoms with Gasteiger partial charge in [-0.25, -0.2) is 0 Å². The van der Waals surface area contributed by atoms with Crippen LogP contribution in [0.15, 0.2) is 78.5 Å². The Kier molecular flexibility index (Phi) is 5.54. The van der Waals surface area contributed by atoms with E-state index < -0.39 is 17.7 Å². The monoisotopic (exact) mass is 414 g/mol. The van der Waals surface area contributed by atoms with E-state index in [-0.39, 0.29) is 17.9 Å². The number of likely N-dealkylation sites (tertiary alicyclic amines) is 1. The molecule has 0 radical (unpaired) electrons. The molecule has 1 aromatic heterocycles. The summed E-state index contributed by atoms with van der Waals surface area (Å²) in [5, 5.41) is 11.1. The maximum atomic E-state index is 13.0. The SMILES string of the molecule is COc1ccc(C2/C(=C(\O)c3ccc(C)cc3)C(=O)C(=O)N2Cc2ccccn2)cc1. The number of hydrogen-bond donors (Lipinski definition) is 1. The van der Waals surface area contributed by atoms with E-state index in [1.807, 2.05) is 25.1 Å². The summed E-state index contributed by atoms with van der Waals surface area (Å²) >= 11 is 0. The average Bonchev–Trinajstić information content (AvgIpc) is 3.05. The van der Waals surface area contributed by atoms with Crippen LogP contribution < -0.4 is 4.74 Å². The first kappa shape index (κ1) is 20.3. The van der Waals surface area contributed by atoms with Gasteiger partial charge in [0, 0.05) is 11.8 Å². The Balaban J connectivity index is 1.85. The molecule has 1 aliphatic rings. The predicted octanol–water partition coefficient (Wildman–Crippen LogP) is 4.02. The first-order valence-electron chi connectivity index (χ1n) is 9.89. The number of amides is 1. The second-order valence-electron chi connectivity index (χ2n) is 7.39. The number of aliphatic hydroxyl groups is 1.